The lowest BCUT2D eigenvalue weighted by atomic mass is 10.0. The summed E-state index contributed by atoms with van der Waals surface area (Å²) in [6.45, 7) is 0.853. The second-order valence-corrected chi connectivity index (χ2v) is 10.8. The Morgan fingerprint density at radius 1 is 1.17 bits per heavy atom. The Balaban J connectivity index is 1.15. The number of aromatic nitrogens is 5. The molecule has 3 aromatic heterocycles. The van der Waals surface area contributed by atoms with Crippen LogP contribution in [0.25, 0.3) is 11.2 Å². The van der Waals surface area contributed by atoms with Crippen LogP contribution in [0.1, 0.15) is 40.5 Å². The third kappa shape index (κ3) is 6.03. The van der Waals surface area contributed by atoms with Gasteiger partial charge in [0, 0.05) is 43.3 Å². The van der Waals surface area contributed by atoms with E-state index < -0.39 is 30.4 Å². The van der Waals surface area contributed by atoms with Crippen LogP contribution in [0.3, 0.4) is 0 Å². The number of rotatable bonds is 9. The molecule has 10 nitrogen and oxygen atoms in total. The number of likely N-dealkylation sites (tertiary alicyclic amines) is 1. The number of carbonyl (C=O) groups is 1. The highest BCUT2D eigenvalue weighted by molar-refractivity contribution is 6.30. The summed E-state index contributed by atoms with van der Waals surface area (Å²) in [5, 5.41) is 9.64. The smallest absolute Gasteiger partial charge is 0.354 e. The van der Waals surface area contributed by atoms with Crippen LogP contribution in [-0.4, -0.2) is 78.3 Å². The maximum atomic E-state index is 15.4. The molecule has 2 aliphatic heterocycles. The summed E-state index contributed by atoms with van der Waals surface area (Å²) in [6, 6.07) is 8.59. The van der Waals surface area contributed by atoms with E-state index >= 15 is 8.78 Å². The van der Waals surface area contributed by atoms with Crippen LogP contribution in [0.4, 0.5) is 13.2 Å². The molecule has 14 heteroatoms. The Hall–Kier alpha value is -3.81. The number of carboxylic acid groups (broad SMARTS) is 1. The number of hydrogen-bond donors (Lipinski definition) is 1. The van der Waals surface area contributed by atoms with Crippen molar-refractivity contribution in [2.75, 3.05) is 19.7 Å². The van der Waals surface area contributed by atoms with E-state index in [1.54, 1.807) is 21.6 Å². The number of alkyl halides is 2. The number of imidazole rings is 1. The quantitative estimate of drug-likeness (QED) is 0.298. The fourth-order valence-electron chi connectivity index (χ4n) is 5.09. The molecule has 2 saturated heterocycles. The highest BCUT2D eigenvalue weighted by Crippen LogP contribution is 2.32. The van der Waals surface area contributed by atoms with Crippen molar-refractivity contribution < 1.29 is 32.5 Å². The highest BCUT2D eigenvalue weighted by Gasteiger charge is 2.47. The summed E-state index contributed by atoms with van der Waals surface area (Å²) < 4.78 is 57.9. The van der Waals surface area contributed by atoms with Gasteiger partial charge in [-0.3, -0.25) is 4.90 Å². The molecule has 6 rings (SSSR count). The zero-order valence-electron chi connectivity index (χ0n) is 22.2. The largest absolute Gasteiger partial charge is 0.477 e. The van der Waals surface area contributed by atoms with E-state index in [1.807, 2.05) is 0 Å². The van der Waals surface area contributed by atoms with Gasteiger partial charge in [0.15, 0.2) is 17.4 Å². The van der Waals surface area contributed by atoms with E-state index in [4.69, 9.17) is 21.1 Å². The number of carboxylic acids is 1. The van der Waals surface area contributed by atoms with Gasteiger partial charge in [-0.1, -0.05) is 17.7 Å². The zero-order chi connectivity index (χ0) is 29.4. The second-order valence-electron chi connectivity index (χ2n) is 10.4. The highest BCUT2D eigenvalue weighted by atomic mass is 35.5. The third-order valence-corrected chi connectivity index (χ3v) is 7.59. The number of benzene rings is 1. The molecule has 0 amide bonds. The van der Waals surface area contributed by atoms with Crippen molar-refractivity contribution >= 4 is 28.7 Å². The van der Waals surface area contributed by atoms with Crippen LogP contribution in [-0.2, 0) is 24.2 Å². The van der Waals surface area contributed by atoms with Gasteiger partial charge in [0.2, 0.25) is 5.88 Å². The van der Waals surface area contributed by atoms with Gasteiger partial charge in [-0.25, -0.2) is 32.9 Å². The van der Waals surface area contributed by atoms with Crippen LogP contribution in [0.5, 0.6) is 5.88 Å². The van der Waals surface area contributed by atoms with Crippen molar-refractivity contribution in [3.63, 3.8) is 0 Å². The molecule has 2 fully saturated rings. The molecule has 1 N–H and O–H groups in total. The van der Waals surface area contributed by atoms with Gasteiger partial charge < -0.3 is 19.1 Å². The summed E-state index contributed by atoms with van der Waals surface area (Å²) in [7, 11) is 0. The van der Waals surface area contributed by atoms with Crippen molar-refractivity contribution in [1.29, 1.82) is 0 Å². The molecular weight excluding hydrogens is 577 g/mol. The number of aromatic carboxylic acids is 1. The normalized spacial score (nSPS) is 20.4. The Bertz CT molecular complexity index is 1630. The van der Waals surface area contributed by atoms with Gasteiger partial charge in [0.25, 0.3) is 5.92 Å². The molecule has 0 bridgehead atoms. The Morgan fingerprint density at radius 2 is 2.00 bits per heavy atom. The first-order chi connectivity index (χ1) is 20.1. The number of fused-ring (bicyclic) bond motifs is 1. The second kappa shape index (κ2) is 11.5. The first-order valence-corrected chi connectivity index (χ1v) is 13.8. The van der Waals surface area contributed by atoms with Crippen molar-refractivity contribution in [3.8, 4) is 5.88 Å². The topological polar surface area (TPSA) is 115 Å². The number of piperidine rings is 1. The molecule has 220 valence electrons. The van der Waals surface area contributed by atoms with E-state index in [0.717, 1.165) is 6.42 Å². The number of nitrogens with zero attached hydrogens (tertiary/aromatic N) is 6. The third-order valence-electron chi connectivity index (χ3n) is 7.35. The van der Waals surface area contributed by atoms with Gasteiger partial charge in [0.1, 0.15) is 23.0 Å². The standard InChI is InChI=1S/C28H26ClF3N6O4/c29-17-2-1-16(19(30)12-17)11-23-33-8-5-25(36-23)42-22-6-9-37(15-28(22,31)32)14-24-34-20-3-4-21(27(39)40)35-26(20)38(24)13-18-7-10-41-18/h1-5,8,12,18,22H,6-7,9-11,13-15H2,(H,39,40). The van der Waals surface area contributed by atoms with E-state index in [2.05, 4.69) is 19.9 Å². The fraction of sp³-hybridized carbons (Fsp3) is 0.393. The van der Waals surface area contributed by atoms with Crippen LogP contribution in [0.15, 0.2) is 42.6 Å². The van der Waals surface area contributed by atoms with Crippen molar-refractivity contribution in [3.05, 3.63) is 76.3 Å². The predicted octanol–water partition coefficient (Wildman–Crippen LogP) is 4.38. The number of pyridine rings is 1. The minimum Gasteiger partial charge on any atom is -0.477 e. The monoisotopic (exact) mass is 602 g/mol. The molecule has 42 heavy (non-hydrogen) atoms. The number of ether oxygens (including phenoxy) is 2. The van der Waals surface area contributed by atoms with Crippen LogP contribution >= 0.6 is 11.6 Å². The summed E-state index contributed by atoms with van der Waals surface area (Å²) in [4.78, 5) is 30.2. The van der Waals surface area contributed by atoms with Gasteiger partial charge in [0.05, 0.1) is 25.7 Å². The molecular formula is C28H26ClF3N6O4. The molecule has 0 saturated carbocycles. The van der Waals surface area contributed by atoms with Crippen molar-refractivity contribution in [2.24, 2.45) is 0 Å². The molecule has 2 unspecified atom stereocenters. The Morgan fingerprint density at radius 3 is 2.71 bits per heavy atom. The lowest BCUT2D eigenvalue weighted by Crippen LogP contribution is -2.53. The maximum absolute atomic E-state index is 15.4. The minimum absolute atomic E-state index is 0.0184. The van der Waals surface area contributed by atoms with Crippen molar-refractivity contribution in [2.45, 2.75) is 50.5 Å². The Labute approximate surface area is 243 Å². The Kier molecular flexibility index (Phi) is 7.73. The lowest BCUT2D eigenvalue weighted by molar-refractivity contribution is -0.142. The molecule has 0 spiro atoms. The average molecular weight is 603 g/mol. The molecule has 2 atom stereocenters. The predicted molar refractivity (Wildman–Crippen MR) is 144 cm³/mol. The van der Waals surface area contributed by atoms with Gasteiger partial charge in [-0.2, -0.15) is 4.98 Å². The first-order valence-electron chi connectivity index (χ1n) is 13.4. The molecule has 2 aliphatic rings. The molecule has 0 radical (unpaired) electrons. The lowest BCUT2D eigenvalue weighted by Gasteiger charge is -2.37. The van der Waals surface area contributed by atoms with E-state index in [0.29, 0.717) is 42.2 Å². The van der Waals surface area contributed by atoms with Crippen LogP contribution < -0.4 is 4.74 Å². The van der Waals surface area contributed by atoms with E-state index in [9.17, 15) is 14.3 Å². The average Bonchev–Trinajstić information content (AvgIpc) is 3.25. The van der Waals surface area contributed by atoms with E-state index in [1.165, 1.54) is 30.5 Å². The number of hydrogen-bond acceptors (Lipinski definition) is 8. The fourth-order valence-corrected chi connectivity index (χ4v) is 5.25. The molecule has 0 aliphatic carbocycles. The van der Waals surface area contributed by atoms with E-state index in [-0.39, 0.29) is 47.9 Å². The molecule has 4 aromatic rings. The summed E-state index contributed by atoms with van der Waals surface area (Å²) in [5.41, 5.74) is 1.06. The van der Waals surface area contributed by atoms with Gasteiger partial charge in [-0.05, 0) is 36.2 Å². The summed E-state index contributed by atoms with van der Waals surface area (Å²) in [6.07, 6.45) is 0.782. The molecule has 5 heterocycles. The van der Waals surface area contributed by atoms with Gasteiger partial charge >= 0.3 is 5.97 Å². The summed E-state index contributed by atoms with van der Waals surface area (Å²) in [5.74, 6) is -4.18. The summed E-state index contributed by atoms with van der Waals surface area (Å²) >= 11 is 5.81. The van der Waals surface area contributed by atoms with Gasteiger partial charge in [-0.15, -0.1) is 0 Å². The minimum atomic E-state index is -3.21. The van der Waals surface area contributed by atoms with Crippen LogP contribution in [0, 0.1) is 5.82 Å². The maximum Gasteiger partial charge on any atom is 0.354 e. The zero-order valence-corrected chi connectivity index (χ0v) is 23.0. The molecule has 1 aromatic carbocycles. The van der Waals surface area contributed by atoms with Crippen LogP contribution in [0.2, 0.25) is 5.02 Å². The van der Waals surface area contributed by atoms with Crippen molar-refractivity contribution in [1.82, 2.24) is 29.4 Å². The SMILES string of the molecule is O=C(O)c1ccc2nc(CN3CCC(Oc4ccnc(Cc5ccc(Cl)cc5F)n4)C(F)(F)C3)n(CC3CCO3)c2n1. The first kappa shape index (κ1) is 28.3. The number of halogens is 4.